The quantitative estimate of drug-likeness (QED) is 0.836. The molecule has 1 atom stereocenters. The van der Waals surface area contributed by atoms with Crippen LogP contribution in [0.5, 0.6) is 5.88 Å². The van der Waals surface area contributed by atoms with Gasteiger partial charge in [0.25, 0.3) is 0 Å². The third-order valence-electron chi connectivity index (χ3n) is 3.75. The maximum atomic E-state index is 12.3. The molecule has 0 saturated carbocycles. The molecule has 122 valence electrons. The first kappa shape index (κ1) is 15.7. The molecule has 1 fully saturated rings. The minimum atomic E-state index is -0.0194. The fourth-order valence-corrected chi connectivity index (χ4v) is 3.20. The molecule has 0 bridgehead atoms. The van der Waals surface area contributed by atoms with E-state index in [1.54, 1.807) is 23.7 Å². The van der Waals surface area contributed by atoms with E-state index < -0.39 is 0 Å². The highest BCUT2D eigenvalue weighted by Gasteiger charge is 2.28. The van der Waals surface area contributed by atoms with E-state index in [1.165, 1.54) is 0 Å². The summed E-state index contributed by atoms with van der Waals surface area (Å²) in [7, 11) is 3.82. The third kappa shape index (κ3) is 3.98. The van der Waals surface area contributed by atoms with Crippen LogP contribution < -0.4 is 9.64 Å². The molecular weight excluding hydrogens is 312 g/mol. The average molecular weight is 332 g/mol. The second-order valence-corrected chi connectivity index (χ2v) is 6.77. The van der Waals surface area contributed by atoms with Crippen molar-refractivity contribution in [2.24, 2.45) is 0 Å². The summed E-state index contributed by atoms with van der Waals surface area (Å²) >= 11 is 1.62. The van der Waals surface area contributed by atoms with Crippen LogP contribution in [0.2, 0.25) is 0 Å². The Morgan fingerprint density at radius 1 is 1.48 bits per heavy atom. The van der Waals surface area contributed by atoms with Crippen LogP contribution in [-0.4, -0.2) is 54.1 Å². The number of carbonyl (C=O) groups excluding carboxylic acids is 1. The minimum absolute atomic E-state index is 0.0194. The maximum absolute atomic E-state index is 12.3. The van der Waals surface area contributed by atoms with E-state index in [-0.39, 0.29) is 12.0 Å². The molecule has 7 heteroatoms. The van der Waals surface area contributed by atoms with Crippen molar-refractivity contribution in [2.75, 3.05) is 32.1 Å². The Kier molecular flexibility index (Phi) is 4.76. The van der Waals surface area contributed by atoms with Crippen molar-refractivity contribution in [3.63, 3.8) is 0 Å². The zero-order valence-corrected chi connectivity index (χ0v) is 14.1. The molecule has 1 amide bonds. The predicted octanol–water partition coefficient (Wildman–Crippen LogP) is 1.83. The van der Waals surface area contributed by atoms with Gasteiger partial charge < -0.3 is 14.5 Å². The summed E-state index contributed by atoms with van der Waals surface area (Å²) in [5.41, 5.74) is 0. The number of rotatable bonds is 5. The van der Waals surface area contributed by atoms with Gasteiger partial charge >= 0.3 is 0 Å². The van der Waals surface area contributed by atoms with Crippen LogP contribution in [0.1, 0.15) is 11.3 Å². The van der Waals surface area contributed by atoms with Gasteiger partial charge in [-0.2, -0.15) is 4.98 Å². The Hall–Kier alpha value is -2.15. The van der Waals surface area contributed by atoms with Crippen LogP contribution in [0, 0.1) is 0 Å². The van der Waals surface area contributed by atoms with Crippen LogP contribution in [0.4, 0.5) is 5.82 Å². The van der Waals surface area contributed by atoms with E-state index in [4.69, 9.17) is 4.74 Å². The van der Waals surface area contributed by atoms with Crippen LogP contribution in [-0.2, 0) is 11.2 Å². The van der Waals surface area contributed by atoms with Gasteiger partial charge in [-0.25, -0.2) is 0 Å². The zero-order valence-electron chi connectivity index (χ0n) is 13.3. The average Bonchev–Trinajstić information content (AvgIpc) is 3.19. The normalized spacial score (nSPS) is 17.3. The molecule has 1 aliphatic heterocycles. The van der Waals surface area contributed by atoms with Crippen molar-refractivity contribution >= 4 is 23.1 Å². The molecule has 6 nitrogen and oxygen atoms in total. The molecule has 23 heavy (non-hydrogen) atoms. The lowest BCUT2D eigenvalue weighted by Gasteiger charge is -2.17. The van der Waals surface area contributed by atoms with E-state index in [2.05, 4.69) is 9.97 Å². The molecule has 0 spiro atoms. The summed E-state index contributed by atoms with van der Waals surface area (Å²) in [6.07, 6.45) is 4.58. The number of aromatic nitrogens is 2. The van der Waals surface area contributed by atoms with Crippen molar-refractivity contribution in [3.05, 3.63) is 34.8 Å². The summed E-state index contributed by atoms with van der Waals surface area (Å²) in [6.45, 7) is 1.34. The van der Waals surface area contributed by atoms with Crippen molar-refractivity contribution in [1.29, 1.82) is 0 Å². The highest BCUT2D eigenvalue weighted by Crippen LogP contribution is 2.19. The van der Waals surface area contributed by atoms with Gasteiger partial charge in [-0.15, -0.1) is 11.3 Å². The third-order valence-corrected chi connectivity index (χ3v) is 4.63. The summed E-state index contributed by atoms with van der Waals surface area (Å²) in [5.74, 6) is 1.42. The van der Waals surface area contributed by atoms with Crippen LogP contribution in [0.15, 0.2) is 29.9 Å². The highest BCUT2D eigenvalue weighted by molar-refractivity contribution is 7.10. The summed E-state index contributed by atoms with van der Waals surface area (Å²) in [5, 5.41) is 1.99. The molecule has 3 rings (SSSR count). The van der Waals surface area contributed by atoms with Crippen LogP contribution in [0.25, 0.3) is 0 Å². The molecule has 1 saturated heterocycles. The summed E-state index contributed by atoms with van der Waals surface area (Å²) < 4.78 is 5.89. The van der Waals surface area contributed by atoms with Gasteiger partial charge in [-0.1, -0.05) is 6.07 Å². The Morgan fingerprint density at radius 2 is 2.35 bits per heavy atom. The smallest absolute Gasteiger partial charge is 0.234 e. The Labute approximate surface area is 139 Å². The largest absolute Gasteiger partial charge is 0.471 e. The molecule has 2 aromatic heterocycles. The molecular formula is C16H20N4O2S. The van der Waals surface area contributed by atoms with Gasteiger partial charge in [-0.05, 0) is 11.4 Å². The lowest BCUT2D eigenvalue weighted by atomic mass is 10.3. The van der Waals surface area contributed by atoms with Crippen molar-refractivity contribution in [1.82, 2.24) is 14.9 Å². The zero-order chi connectivity index (χ0) is 16.2. The van der Waals surface area contributed by atoms with E-state index in [0.717, 1.165) is 23.7 Å². The molecule has 3 heterocycles. The number of hydrogen-bond donors (Lipinski definition) is 0. The van der Waals surface area contributed by atoms with Crippen molar-refractivity contribution < 1.29 is 9.53 Å². The van der Waals surface area contributed by atoms with E-state index in [1.807, 2.05) is 41.4 Å². The Balaban J connectivity index is 1.55. The maximum Gasteiger partial charge on any atom is 0.234 e. The molecule has 1 aliphatic rings. The number of thiophene rings is 1. The Bertz CT molecular complexity index is 660. The van der Waals surface area contributed by atoms with Gasteiger partial charge in [0.05, 0.1) is 25.4 Å². The summed E-state index contributed by atoms with van der Waals surface area (Å²) in [4.78, 5) is 25.7. The van der Waals surface area contributed by atoms with Crippen molar-refractivity contribution in [2.45, 2.75) is 18.9 Å². The lowest BCUT2D eigenvalue weighted by Crippen LogP contribution is -2.32. The number of nitrogens with zero attached hydrogens (tertiary/aromatic N) is 4. The van der Waals surface area contributed by atoms with E-state index in [0.29, 0.717) is 18.8 Å². The van der Waals surface area contributed by atoms with Gasteiger partial charge in [0.1, 0.15) is 6.10 Å². The fourth-order valence-electron chi connectivity index (χ4n) is 2.51. The number of ether oxygens (including phenoxy) is 1. The summed E-state index contributed by atoms with van der Waals surface area (Å²) in [6, 6.07) is 3.97. The second kappa shape index (κ2) is 6.95. The van der Waals surface area contributed by atoms with E-state index >= 15 is 0 Å². The van der Waals surface area contributed by atoms with E-state index in [9.17, 15) is 4.79 Å². The molecule has 0 aliphatic carbocycles. The first-order valence-electron chi connectivity index (χ1n) is 7.58. The van der Waals surface area contributed by atoms with Crippen LogP contribution in [0.3, 0.4) is 0 Å². The second-order valence-electron chi connectivity index (χ2n) is 5.73. The van der Waals surface area contributed by atoms with Gasteiger partial charge in [0, 0.05) is 31.9 Å². The number of amides is 1. The van der Waals surface area contributed by atoms with Gasteiger partial charge in [-0.3, -0.25) is 9.78 Å². The lowest BCUT2D eigenvalue weighted by molar-refractivity contribution is -0.129. The number of likely N-dealkylation sites (tertiary alicyclic amines) is 1. The fraction of sp³-hybridized carbons (Fsp3) is 0.438. The molecule has 0 unspecified atom stereocenters. The predicted molar refractivity (Wildman–Crippen MR) is 90.0 cm³/mol. The topological polar surface area (TPSA) is 58.6 Å². The van der Waals surface area contributed by atoms with Crippen molar-refractivity contribution in [3.8, 4) is 5.88 Å². The molecule has 2 aromatic rings. The first-order chi connectivity index (χ1) is 11.1. The number of hydrogen-bond acceptors (Lipinski definition) is 6. The van der Waals surface area contributed by atoms with Gasteiger partial charge in [0.2, 0.25) is 11.8 Å². The molecule has 0 radical (unpaired) electrons. The van der Waals surface area contributed by atoms with Gasteiger partial charge in [0.15, 0.2) is 5.82 Å². The number of carbonyl (C=O) groups is 1. The molecule has 0 aromatic carbocycles. The first-order valence-corrected chi connectivity index (χ1v) is 8.46. The number of anilines is 1. The molecule has 0 N–H and O–H groups in total. The minimum Gasteiger partial charge on any atom is -0.471 e. The van der Waals surface area contributed by atoms with Crippen LogP contribution >= 0.6 is 11.3 Å². The monoisotopic (exact) mass is 332 g/mol. The SMILES string of the molecule is CN(C)c1cncc(O[C@@H]2CCN(C(=O)Cc3cccs3)C2)n1. The Morgan fingerprint density at radius 3 is 3.09 bits per heavy atom. The highest BCUT2D eigenvalue weighted by atomic mass is 32.1. The standard InChI is InChI=1S/C16H20N4O2S/c1-19(2)14-9-17-10-15(18-14)22-12-5-6-20(11-12)16(21)8-13-4-3-7-23-13/h3-4,7,9-10,12H,5-6,8,11H2,1-2H3/t12-/m1/s1.